The van der Waals surface area contributed by atoms with E-state index in [4.69, 9.17) is 10.00 Å². The fraction of sp³-hybridized carbons (Fsp3) is 0.875. The second-order valence-corrected chi connectivity index (χ2v) is 5.39. The molecule has 0 aliphatic rings. The van der Waals surface area contributed by atoms with Crippen LogP contribution in [0.25, 0.3) is 0 Å². The predicted octanol–water partition coefficient (Wildman–Crippen LogP) is 1.57. The molecule has 3 atom stereocenters. The highest BCUT2D eigenvalue weighted by atomic mass is 31.2. The van der Waals surface area contributed by atoms with Crippen molar-refractivity contribution in [1.29, 1.82) is 0 Å². The first-order valence-corrected chi connectivity index (χ1v) is 6.44. The molecule has 3 unspecified atom stereocenters. The van der Waals surface area contributed by atoms with Crippen LogP contribution < -0.4 is 0 Å². The monoisotopic (exact) mass is 224 g/mol. The van der Waals surface area contributed by atoms with Crippen molar-refractivity contribution in [3.05, 3.63) is 0 Å². The molecule has 0 aliphatic heterocycles. The zero-order chi connectivity index (χ0) is 11.4. The number of carboxylic acids is 1. The molecule has 0 rings (SSSR count). The highest BCUT2D eigenvalue weighted by Crippen LogP contribution is 2.36. The number of carboxylic acid groups (broad SMARTS) is 1. The SMILES string of the molecule is CC(CCOP(C)(=O)O)C(C)C(=O)O. The van der Waals surface area contributed by atoms with Crippen molar-refractivity contribution in [3.8, 4) is 0 Å². The average Bonchev–Trinajstić information content (AvgIpc) is 2.00. The molecule has 84 valence electrons. The molecule has 0 amide bonds. The highest BCUT2D eigenvalue weighted by molar-refractivity contribution is 7.51. The van der Waals surface area contributed by atoms with Gasteiger partial charge in [-0.2, -0.15) is 0 Å². The van der Waals surface area contributed by atoms with Gasteiger partial charge in [0.05, 0.1) is 12.5 Å². The summed E-state index contributed by atoms with van der Waals surface area (Å²) in [7, 11) is -3.42. The molecule has 0 aromatic carbocycles. The van der Waals surface area contributed by atoms with Crippen LogP contribution in [0.4, 0.5) is 0 Å². The lowest BCUT2D eigenvalue weighted by Gasteiger charge is -2.16. The van der Waals surface area contributed by atoms with E-state index in [1.54, 1.807) is 13.8 Å². The van der Waals surface area contributed by atoms with Crippen LogP contribution in [0.2, 0.25) is 0 Å². The van der Waals surface area contributed by atoms with Crippen molar-refractivity contribution >= 4 is 13.6 Å². The maximum absolute atomic E-state index is 10.7. The quantitative estimate of drug-likeness (QED) is 0.669. The summed E-state index contributed by atoms with van der Waals surface area (Å²) in [4.78, 5) is 19.4. The summed E-state index contributed by atoms with van der Waals surface area (Å²) >= 11 is 0. The molecule has 0 aliphatic carbocycles. The maximum atomic E-state index is 10.7. The number of hydrogen-bond donors (Lipinski definition) is 2. The third-order valence-electron chi connectivity index (χ3n) is 2.15. The van der Waals surface area contributed by atoms with E-state index in [0.29, 0.717) is 6.42 Å². The Kier molecular flexibility index (Phi) is 5.34. The summed E-state index contributed by atoms with van der Waals surface area (Å²) in [5, 5.41) is 8.67. The molecule has 0 spiro atoms. The van der Waals surface area contributed by atoms with Crippen molar-refractivity contribution in [2.24, 2.45) is 11.8 Å². The summed E-state index contributed by atoms with van der Waals surface area (Å²) < 4.78 is 15.4. The van der Waals surface area contributed by atoms with Crippen LogP contribution in [0, 0.1) is 11.8 Å². The van der Waals surface area contributed by atoms with Crippen LogP contribution in [0.15, 0.2) is 0 Å². The highest BCUT2D eigenvalue weighted by Gasteiger charge is 2.20. The molecular weight excluding hydrogens is 207 g/mol. The molecule has 0 radical (unpaired) electrons. The largest absolute Gasteiger partial charge is 0.481 e. The van der Waals surface area contributed by atoms with E-state index in [-0.39, 0.29) is 12.5 Å². The van der Waals surface area contributed by atoms with Crippen LogP contribution in [0.1, 0.15) is 20.3 Å². The first-order valence-electron chi connectivity index (χ1n) is 4.41. The Morgan fingerprint density at radius 3 is 2.36 bits per heavy atom. The third-order valence-corrected chi connectivity index (χ3v) is 2.81. The van der Waals surface area contributed by atoms with Gasteiger partial charge in [-0.05, 0) is 12.3 Å². The number of hydrogen-bond acceptors (Lipinski definition) is 3. The predicted molar refractivity (Wildman–Crippen MR) is 52.3 cm³/mol. The van der Waals surface area contributed by atoms with Crippen molar-refractivity contribution in [2.45, 2.75) is 20.3 Å². The van der Waals surface area contributed by atoms with Crippen LogP contribution in [-0.4, -0.2) is 29.2 Å². The molecule has 0 saturated carbocycles. The van der Waals surface area contributed by atoms with Crippen LogP contribution >= 0.6 is 7.60 Å². The molecule has 0 fully saturated rings. The van der Waals surface area contributed by atoms with Crippen molar-refractivity contribution in [2.75, 3.05) is 13.3 Å². The van der Waals surface area contributed by atoms with Gasteiger partial charge in [-0.3, -0.25) is 9.36 Å². The Balaban J connectivity index is 3.80. The standard InChI is InChI=1S/C8H17O5P/c1-6(7(2)8(9)10)4-5-13-14(3,11)12/h6-7H,4-5H2,1-3H3,(H,9,10)(H,11,12). The second kappa shape index (κ2) is 5.49. The van der Waals surface area contributed by atoms with Gasteiger partial charge in [-0.15, -0.1) is 0 Å². The van der Waals surface area contributed by atoms with Crippen molar-refractivity contribution in [1.82, 2.24) is 0 Å². The lowest BCUT2D eigenvalue weighted by atomic mass is 9.93. The average molecular weight is 224 g/mol. The summed E-state index contributed by atoms with van der Waals surface area (Å²) in [6, 6.07) is 0. The Morgan fingerprint density at radius 2 is 2.00 bits per heavy atom. The fourth-order valence-corrected chi connectivity index (χ4v) is 1.35. The minimum Gasteiger partial charge on any atom is -0.481 e. The van der Waals surface area contributed by atoms with Crippen LogP contribution in [0.3, 0.4) is 0 Å². The van der Waals surface area contributed by atoms with Gasteiger partial charge < -0.3 is 14.5 Å². The fourth-order valence-electron chi connectivity index (χ4n) is 0.901. The Hall–Kier alpha value is -0.380. The molecular formula is C8H17O5P. The van der Waals surface area contributed by atoms with Gasteiger partial charge in [0.25, 0.3) is 0 Å². The topological polar surface area (TPSA) is 83.8 Å². The molecule has 0 saturated heterocycles. The lowest BCUT2D eigenvalue weighted by Crippen LogP contribution is -2.19. The Bertz CT molecular complexity index is 234. The minimum atomic E-state index is -3.42. The molecule has 0 heterocycles. The van der Waals surface area contributed by atoms with E-state index in [9.17, 15) is 9.36 Å². The first-order chi connectivity index (χ1) is 6.24. The zero-order valence-electron chi connectivity index (χ0n) is 8.64. The molecule has 14 heavy (non-hydrogen) atoms. The van der Waals surface area contributed by atoms with Gasteiger partial charge in [0, 0.05) is 6.66 Å². The zero-order valence-corrected chi connectivity index (χ0v) is 9.53. The summed E-state index contributed by atoms with van der Waals surface area (Å²) in [5.74, 6) is -1.39. The van der Waals surface area contributed by atoms with E-state index < -0.39 is 19.5 Å². The molecule has 0 bridgehead atoms. The van der Waals surface area contributed by atoms with Crippen LogP contribution in [0.5, 0.6) is 0 Å². The Labute approximate surface area is 83.6 Å². The van der Waals surface area contributed by atoms with Crippen molar-refractivity contribution in [3.63, 3.8) is 0 Å². The van der Waals surface area contributed by atoms with Gasteiger partial charge in [0.15, 0.2) is 0 Å². The third kappa shape index (κ3) is 6.13. The second-order valence-electron chi connectivity index (χ2n) is 3.53. The van der Waals surface area contributed by atoms with Gasteiger partial charge >= 0.3 is 13.6 Å². The molecule has 0 aromatic heterocycles. The molecule has 2 N–H and O–H groups in total. The Morgan fingerprint density at radius 1 is 1.50 bits per heavy atom. The number of carbonyl (C=O) groups is 1. The minimum absolute atomic E-state index is 0.0703. The van der Waals surface area contributed by atoms with Gasteiger partial charge in [0.2, 0.25) is 0 Å². The number of rotatable bonds is 6. The van der Waals surface area contributed by atoms with Gasteiger partial charge in [-0.1, -0.05) is 13.8 Å². The number of aliphatic carboxylic acids is 1. The summed E-state index contributed by atoms with van der Waals surface area (Å²) in [6.45, 7) is 4.61. The van der Waals surface area contributed by atoms with Gasteiger partial charge in [-0.25, -0.2) is 0 Å². The van der Waals surface area contributed by atoms with E-state index in [1.165, 1.54) is 0 Å². The van der Waals surface area contributed by atoms with E-state index in [1.807, 2.05) is 0 Å². The smallest absolute Gasteiger partial charge is 0.325 e. The summed E-state index contributed by atoms with van der Waals surface area (Å²) in [6.07, 6.45) is 0.464. The molecule has 6 heteroatoms. The lowest BCUT2D eigenvalue weighted by molar-refractivity contribution is -0.142. The van der Waals surface area contributed by atoms with E-state index in [0.717, 1.165) is 6.66 Å². The van der Waals surface area contributed by atoms with Crippen LogP contribution in [-0.2, 0) is 13.9 Å². The van der Waals surface area contributed by atoms with E-state index in [2.05, 4.69) is 4.52 Å². The normalized spacial score (nSPS) is 19.7. The summed E-state index contributed by atoms with van der Waals surface area (Å²) in [5.41, 5.74) is 0. The first kappa shape index (κ1) is 13.6. The maximum Gasteiger partial charge on any atom is 0.325 e. The molecule has 0 aromatic rings. The van der Waals surface area contributed by atoms with Crippen molar-refractivity contribution < 1.29 is 23.9 Å². The van der Waals surface area contributed by atoms with Gasteiger partial charge in [0.1, 0.15) is 0 Å². The van der Waals surface area contributed by atoms with E-state index >= 15 is 0 Å². The molecule has 5 nitrogen and oxygen atoms in total.